The van der Waals surface area contributed by atoms with Crippen LogP contribution in [0.1, 0.15) is 239 Å². The van der Waals surface area contributed by atoms with E-state index in [-0.39, 0.29) is 31.1 Å². The number of hydrogen-bond donors (Lipinski definition) is 0. The second kappa shape index (κ2) is 46.1. The largest absolute Gasteiger partial charge is 0.462 e. The summed E-state index contributed by atoms with van der Waals surface area (Å²) < 4.78 is 16.7. The fourth-order valence-electron chi connectivity index (χ4n) is 6.69. The van der Waals surface area contributed by atoms with Gasteiger partial charge in [-0.1, -0.05) is 191 Å². The highest BCUT2D eigenvalue weighted by atomic mass is 16.6. The average molecular weight is 799 g/mol. The Balaban J connectivity index is 4.42. The van der Waals surface area contributed by atoms with E-state index in [4.69, 9.17) is 14.2 Å². The van der Waals surface area contributed by atoms with Crippen LogP contribution in [0.25, 0.3) is 0 Å². The lowest BCUT2D eigenvalue weighted by atomic mass is 10.1. The molecule has 0 aromatic heterocycles. The van der Waals surface area contributed by atoms with Crippen molar-refractivity contribution < 1.29 is 28.6 Å². The van der Waals surface area contributed by atoms with Crippen molar-refractivity contribution >= 4 is 17.9 Å². The number of esters is 3. The lowest BCUT2D eigenvalue weighted by Gasteiger charge is -2.18. The topological polar surface area (TPSA) is 78.9 Å². The molecule has 1 atom stereocenters. The van der Waals surface area contributed by atoms with Gasteiger partial charge in [0, 0.05) is 19.3 Å². The molecule has 0 radical (unpaired) electrons. The molecule has 0 saturated carbocycles. The van der Waals surface area contributed by atoms with E-state index in [1.165, 1.54) is 96.3 Å². The summed E-state index contributed by atoms with van der Waals surface area (Å²) >= 11 is 0. The van der Waals surface area contributed by atoms with Gasteiger partial charge in [-0.05, 0) is 77.0 Å². The summed E-state index contributed by atoms with van der Waals surface area (Å²) in [6.45, 7) is 6.48. The Bertz CT molecular complexity index is 1010. The maximum Gasteiger partial charge on any atom is 0.306 e. The van der Waals surface area contributed by atoms with E-state index in [0.717, 1.165) is 103 Å². The Hall–Kier alpha value is -2.63. The molecule has 0 amide bonds. The second-order valence-electron chi connectivity index (χ2n) is 16.0. The summed E-state index contributed by atoms with van der Waals surface area (Å²) in [4.78, 5) is 37.8. The predicted octanol–water partition coefficient (Wildman–Crippen LogP) is 15.5. The molecule has 0 N–H and O–H groups in total. The van der Waals surface area contributed by atoms with Crippen LogP contribution in [-0.4, -0.2) is 37.2 Å². The summed E-state index contributed by atoms with van der Waals surface area (Å²) in [5.74, 6) is -0.922. The van der Waals surface area contributed by atoms with Crippen LogP contribution in [0.3, 0.4) is 0 Å². The number of hydrogen-bond acceptors (Lipinski definition) is 6. The van der Waals surface area contributed by atoms with Gasteiger partial charge >= 0.3 is 17.9 Å². The normalized spacial score (nSPS) is 12.4. The summed E-state index contributed by atoms with van der Waals surface area (Å²) in [6.07, 6.45) is 53.8. The minimum atomic E-state index is -0.785. The standard InChI is InChI=1S/C51H90O6/c1-4-7-10-13-16-19-22-24-26-29-32-35-38-41-44-50(53)56-47-48(46-55-49(52)43-40-37-34-31-28-21-18-15-12-9-6-3)57-51(54)45-42-39-36-33-30-27-25-23-20-17-14-11-8-5-2/h7,10,16,19,24,26-27,30,48H,4-6,8-9,11-15,17-18,20-23,25,28-29,31-47H2,1-3H3/b10-7-,19-16-,26-24-,30-27-. The molecule has 6 nitrogen and oxygen atoms in total. The van der Waals surface area contributed by atoms with E-state index in [1.807, 2.05) is 0 Å². The fraction of sp³-hybridized carbons (Fsp3) is 0.784. The Labute approximate surface area is 352 Å². The van der Waals surface area contributed by atoms with Crippen LogP contribution in [0.5, 0.6) is 0 Å². The fourth-order valence-corrected chi connectivity index (χ4v) is 6.69. The summed E-state index contributed by atoms with van der Waals surface area (Å²) in [6, 6.07) is 0. The molecule has 0 aliphatic heterocycles. The van der Waals surface area contributed by atoms with Crippen molar-refractivity contribution in [3.63, 3.8) is 0 Å². The molecule has 6 heteroatoms. The van der Waals surface area contributed by atoms with Crippen molar-refractivity contribution in [2.75, 3.05) is 13.2 Å². The zero-order valence-corrected chi connectivity index (χ0v) is 37.6. The Kier molecular flexibility index (Phi) is 43.9. The van der Waals surface area contributed by atoms with Crippen molar-refractivity contribution in [1.82, 2.24) is 0 Å². The lowest BCUT2D eigenvalue weighted by molar-refractivity contribution is -0.167. The molecule has 1 unspecified atom stereocenters. The first kappa shape index (κ1) is 54.4. The SMILES string of the molecule is CC/C=C\C/C=C\C/C=C\CCCCCCC(=O)OCC(COC(=O)CCCCCCCCCCCCC)OC(=O)CCCCC/C=C\CCCCCCCCC. The van der Waals surface area contributed by atoms with Gasteiger partial charge in [0.2, 0.25) is 0 Å². The molecule has 0 fully saturated rings. The van der Waals surface area contributed by atoms with Gasteiger partial charge in [-0.3, -0.25) is 14.4 Å². The highest BCUT2D eigenvalue weighted by Gasteiger charge is 2.19. The monoisotopic (exact) mass is 799 g/mol. The Morgan fingerprint density at radius 2 is 0.684 bits per heavy atom. The molecule has 0 rings (SSSR count). The molecule has 0 spiro atoms. The number of rotatable bonds is 43. The molecule has 0 aliphatic rings. The molecule has 0 aromatic carbocycles. The third-order valence-electron chi connectivity index (χ3n) is 10.3. The highest BCUT2D eigenvalue weighted by molar-refractivity contribution is 5.71. The van der Waals surface area contributed by atoms with Crippen molar-refractivity contribution in [3.8, 4) is 0 Å². The van der Waals surface area contributed by atoms with Crippen LogP contribution < -0.4 is 0 Å². The Morgan fingerprint density at radius 3 is 1.11 bits per heavy atom. The van der Waals surface area contributed by atoms with Gasteiger partial charge < -0.3 is 14.2 Å². The van der Waals surface area contributed by atoms with E-state index >= 15 is 0 Å². The van der Waals surface area contributed by atoms with Gasteiger partial charge in [0.15, 0.2) is 6.10 Å². The smallest absolute Gasteiger partial charge is 0.306 e. The first-order valence-electron chi connectivity index (χ1n) is 24.1. The molecular formula is C51H90O6. The summed E-state index contributed by atoms with van der Waals surface area (Å²) in [5.41, 5.74) is 0. The molecule has 0 aliphatic carbocycles. The molecule has 0 aromatic rings. The molecule has 330 valence electrons. The van der Waals surface area contributed by atoms with Gasteiger partial charge in [0.05, 0.1) is 0 Å². The summed E-state index contributed by atoms with van der Waals surface area (Å²) in [5, 5.41) is 0. The van der Waals surface area contributed by atoms with Crippen molar-refractivity contribution in [3.05, 3.63) is 48.6 Å². The number of carbonyl (C=O) groups excluding carboxylic acids is 3. The van der Waals surface area contributed by atoms with Crippen molar-refractivity contribution in [2.45, 2.75) is 245 Å². The second-order valence-corrected chi connectivity index (χ2v) is 16.0. The van der Waals surface area contributed by atoms with Gasteiger partial charge in [0.1, 0.15) is 13.2 Å². The highest BCUT2D eigenvalue weighted by Crippen LogP contribution is 2.14. The number of carbonyl (C=O) groups is 3. The zero-order chi connectivity index (χ0) is 41.5. The summed E-state index contributed by atoms with van der Waals surface area (Å²) in [7, 11) is 0. The van der Waals surface area contributed by atoms with Gasteiger partial charge in [-0.2, -0.15) is 0 Å². The van der Waals surface area contributed by atoms with Crippen LogP contribution in [0.4, 0.5) is 0 Å². The molecule has 0 heterocycles. The van der Waals surface area contributed by atoms with E-state index in [0.29, 0.717) is 19.3 Å². The number of allylic oxidation sites excluding steroid dienone is 8. The number of ether oxygens (including phenoxy) is 3. The van der Waals surface area contributed by atoms with Crippen molar-refractivity contribution in [2.24, 2.45) is 0 Å². The van der Waals surface area contributed by atoms with E-state index in [2.05, 4.69) is 69.4 Å². The maximum absolute atomic E-state index is 12.7. The molecular weight excluding hydrogens is 709 g/mol. The average Bonchev–Trinajstić information content (AvgIpc) is 3.21. The van der Waals surface area contributed by atoms with Crippen LogP contribution in [0.2, 0.25) is 0 Å². The van der Waals surface area contributed by atoms with E-state index in [1.54, 1.807) is 0 Å². The van der Waals surface area contributed by atoms with Crippen LogP contribution >= 0.6 is 0 Å². The van der Waals surface area contributed by atoms with E-state index < -0.39 is 6.10 Å². The van der Waals surface area contributed by atoms with E-state index in [9.17, 15) is 14.4 Å². The van der Waals surface area contributed by atoms with Gasteiger partial charge in [0.25, 0.3) is 0 Å². The third kappa shape index (κ3) is 44.3. The molecule has 57 heavy (non-hydrogen) atoms. The Morgan fingerprint density at radius 1 is 0.368 bits per heavy atom. The molecule has 0 bridgehead atoms. The minimum absolute atomic E-state index is 0.0847. The quantitative estimate of drug-likeness (QED) is 0.0265. The van der Waals surface area contributed by atoms with Gasteiger partial charge in [-0.15, -0.1) is 0 Å². The van der Waals surface area contributed by atoms with Crippen LogP contribution in [0.15, 0.2) is 48.6 Å². The van der Waals surface area contributed by atoms with Crippen LogP contribution in [0, 0.1) is 0 Å². The number of unbranched alkanes of at least 4 members (excludes halogenated alkanes) is 24. The minimum Gasteiger partial charge on any atom is -0.462 e. The molecule has 0 saturated heterocycles. The first-order valence-corrected chi connectivity index (χ1v) is 24.1. The third-order valence-corrected chi connectivity index (χ3v) is 10.3. The maximum atomic E-state index is 12.7. The van der Waals surface area contributed by atoms with Gasteiger partial charge in [-0.25, -0.2) is 0 Å². The predicted molar refractivity (Wildman–Crippen MR) is 242 cm³/mol. The zero-order valence-electron chi connectivity index (χ0n) is 37.6. The van der Waals surface area contributed by atoms with Crippen molar-refractivity contribution in [1.29, 1.82) is 0 Å². The first-order chi connectivity index (χ1) is 28.0. The van der Waals surface area contributed by atoms with Crippen LogP contribution in [-0.2, 0) is 28.6 Å². The lowest BCUT2D eigenvalue weighted by Crippen LogP contribution is -2.30.